The number of sulfonamides is 1. The van der Waals surface area contributed by atoms with Crippen molar-refractivity contribution in [2.24, 2.45) is 0 Å². The average Bonchev–Trinajstić information content (AvgIpc) is 3.13. The Hall–Kier alpha value is -1.41. The van der Waals surface area contributed by atoms with Crippen LogP contribution in [0.15, 0.2) is 40.9 Å². The second kappa shape index (κ2) is 5.06. The van der Waals surface area contributed by atoms with Gasteiger partial charge in [-0.1, -0.05) is 35.9 Å². The molecule has 5 nitrogen and oxygen atoms in total. The van der Waals surface area contributed by atoms with Gasteiger partial charge in [0.2, 0.25) is 0 Å². The van der Waals surface area contributed by atoms with Crippen LogP contribution in [0, 0.1) is 0 Å². The Morgan fingerprint density at radius 1 is 1.36 bits per heavy atom. The number of aromatic nitrogens is 2. The molecule has 2 aromatic heterocycles. The molecule has 0 aliphatic heterocycles. The predicted molar refractivity (Wildman–Crippen MR) is 85.9 cm³/mol. The SMILES string of the molecule is O=S(=O)(NC1CCc2ccccc21)c1c(Cl)nc2sccn12. The zero-order valence-corrected chi connectivity index (χ0v) is 13.7. The zero-order valence-electron chi connectivity index (χ0n) is 11.4. The lowest BCUT2D eigenvalue weighted by molar-refractivity contribution is 0.550. The fourth-order valence-electron chi connectivity index (χ4n) is 2.90. The molecular formula is C14H12ClN3O2S2. The van der Waals surface area contributed by atoms with Gasteiger partial charge in [0.1, 0.15) is 0 Å². The van der Waals surface area contributed by atoms with Gasteiger partial charge < -0.3 is 0 Å². The van der Waals surface area contributed by atoms with Crippen LogP contribution in [0.25, 0.3) is 4.96 Å². The van der Waals surface area contributed by atoms with E-state index in [2.05, 4.69) is 9.71 Å². The molecule has 0 spiro atoms. The number of halogens is 1. The molecule has 0 radical (unpaired) electrons. The molecule has 114 valence electrons. The lowest BCUT2D eigenvalue weighted by atomic mass is 10.1. The molecule has 1 aliphatic carbocycles. The van der Waals surface area contributed by atoms with E-state index in [-0.39, 0.29) is 16.2 Å². The second-order valence-electron chi connectivity index (χ2n) is 5.17. The van der Waals surface area contributed by atoms with Crippen LogP contribution < -0.4 is 4.72 Å². The summed E-state index contributed by atoms with van der Waals surface area (Å²) in [5, 5.41) is 1.79. The Bertz CT molecular complexity index is 962. The number of hydrogen-bond acceptors (Lipinski definition) is 4. The number of nitrogens with zero attached hydrogens (tertiary/aromatic N) is 2. The number of aryl methyl sites for hydroxylation is 1. The van der Waals surface area contributed by atoms with Crippen molar-refractivity contribution in [2.45, 2.75) is 23.9 Å². The van der Waals surface area contributed by atoms with Gasteiger partial charge in [0, 0.05) is 17.6 Å². The zero-order chi connectivity index (χ0) is 15.3. The van der Waals surface area contributed by atoms with E-state index in [1.54, 1.807) is 11.6 Å². The van der Waals surface area contributed by atoms with Crippen LogP contribution >= 0.6 is 22.9 Å². The molecule has 1 aliphatic rings. The quantitative estimate of drug-likeness (QED) is 0.787. The Kier molecular flexibility index (Phi) is 3.26. The lowest BCUT2D eigenvalue weighted by Gasteiger charge is -2.14. The van der Waals surface area contributed by atoms with E-state index in [1.165, 1.54) is 21.3 Å². The highest BCUT2D eigenvalue weighted by molar-refractivity contribution is 7.89. The maximum Gasteiger partial charge on any atom is 0.260 e. The van der Waals surface area contributed by atoms with Crippen LogP contribution in [-0.4, -0.2) is 17.8 Å². The molecule has 22 heavy (non-hydrogen) atoms. The van der Waals surface area contributed by atoms with Gasteiger partial charge in [-0.3, -0.25) is 4.40 Å². The van der Waals surface area contributed by atoms with Crippen molar-refractivity contribution >= 4 is 37.9 Å². The predicted octanol–water partition coefficient (Wildman–Crippen LogP) is 3.02. The van der Waals surface area contributed by atoms with Crippen molar-refractivity contribution in [1.29, 1.82) is 0 Å². The van der Waals surface area contributed by atoms with Gasteiger partial charge in [0.15, 0.2) is 15.1 Å². The molecule has 1 aromatic carbocycles. The molecule has 0 fully saturated rings. The fourth-order valence-corrected chi connectivity index (χ4v) is 5.60. The minimum absolute atomic E-state index is 0.00521. The molecule has 0 saturated heterocycles. The number of imidazole rings is 1. The molecule has 1 N–H and O–H groups in total. The van der Waals surface area contributed by atoms with E-state index >= 15 is 0 Å². The maximum absolute atomic E-state index is 12.7. The van der Waals surface area contributed by atoms with E-state index in [0.29, 0.717) is 4.96 Å². The number of benzene rings is 1. The van der Waals surface area contributed by atoms with E-state index in [1.807, 2.05) is 24.3 Å². The summed E-state index contributed by atoms with van der Waals surface area (Å²) in [7, 11) is -3.75. The smallest absolute Gasteiger partial charge is 0.260 e. The summed E-state index contributed by atoms with van der Waals surface area (Å²) < 4.78 is 29.8. The Balaban J connectivity index is 1.74. The monoisotopic (exact) mass is 353 g/mol. The van der Waals surface area contributed by atoms with Gasteiger partial charge in [-0.05, 0) is 24.0 Å². The molecule has 0 amide bonds. The first-order valence-electron chi connectivity index (χ1n) is 6.77. The molecular weight excluding hydrogens is 342 g/mol. The third kappa shape index (κ3) is 2.16. The Morgan fingerprint density at radius 2 is 2.18 bits per heavy atom. The van der Waals surface area contributed by atoms with Gasteiger partial charge in [0.25, 0.3) is 10.0 Å². The van der Waals surface area contributed by atoms with Gasteiger partial charge in [0.05, 0.1) is 0 Å². The highest BCUT2D eigenvalue weighted by atomic mass is 35.5. The van der Waals surface area contributed by atoms with Crippen LogP contribution in [0.5, 0.6) is 0 Å². The third-order valence-corrected chi connectivity index (χ3v) is 6.49. The van der Waals surface area contributed by atoms with Gasteiger partial charge in [-0.15, -0.1) is 11.3 Å². The van der Waals surface area contributed by atoms with Crippen molar-refractivity contribution < 1.29 is 8.42 Å². The Morgan fingerprint density at radius 3 is 3.05 bits per heavy atom. The minimum atomic E-state index is -3.75. The number of fused-ring (bicyclic) bond motifs is 2. The van der Waals surface area contributed by atoms with Crippen molar-refractivity contribution in [1.82, 2.24) is 14.1 Å². The van der Waals surface area contributed by atoms with Crippen molar-refractivity contribution in [3.63, 3.8) is 0 Å². The molecule has 1 atom stereocenters. The summed E-state index contributed by atoms with van der Waals surface area (Å²) >= 11 is 7.38. The normalized spacial score (nSPS) is 18.0. The number of rotatable bonds is 3. The minimum Gasteiger partial charge on any atom is -0.279 e. The van der Waals surface area contributed by atoms with Crippen LogP contribution in [0.4, 0.5) is 0 Å². The summed E-state index contributed by atoms with van der Waals surface area (Å²) in [5.74, 6) is 0. The average molecular weight is 354 g/mol. The fraction of sp³-hybridized carbons (Fsp3) is 0.214. The number of thiazole rings is 1. The summed E-state index contributed by atoms with van der Waals surface area (Å²) in [6.07, 6.45) is 3.29. The van der Waals surface area contributed by atoms with Crippen molar-refractivity contribution in [3.8, 4) is 0 Å². The molecule has 0 saturated carbocycles. The number of hydrogen-bond donors (Lipinski definition) is 1. The molecule has 4 rings (SSSR count). The van der Waals surface area contributed by atoms with Crippen LogP contribution in [-0.2, 0) is 16.4 Å². The van der Waals surface area contributed by atoms with Crippen molar-refractivity contribution in [3.05, 3.63) is 52.1 Å². The van der Waals surface area contributed by atoms with Gasteiger partial charge >= 0.3 is 0 Å². The molecule has 2 heterocycles. The lowest BCUT2D eigenvalue weighted by Crippen LogP contribution is -2.28. The van der Waals surface area contributed by atoms with Gasteiger partial charge in [-0.2, -0.15) is 0 Å². The van der Waals surface area contributed by atoms with E-state index in [4.69, 9.17) is 11.6 Å². The largest absolute Gasteiger partial charge is 0.279 e. The maximum atomic E-state index is 12.7. The Labute approximate surface area is 136 Å². The van der Waals surface area contributed by atoms with Crippen LogP contribution in [0.1, 0.15) is 23.6 Å². The van der Waals surface area contributed by atoms with Gasteiger partial charge in [-0.25, -0.2) is 18.1 Å². The summed E-state index contributed by atoms with van der Waals surface area (Å²) in [4.78, 5) is 4.65. The van der Waals surface area contributed by atoms with Crippen molar-refractivity contribution in [2.75, 3.05) is 0 Å². The van der Waals surface area contributed by atoms with E-state index in [0.717, 1.165) is 18.4 Å². The highest BCUT2D eigenvalue weighted by Crippen LogP contribution is 2.33. The summed E-state index contributed by atoms with van der Waals surface area (Å²) in [6.45, 7) is 0. The van der Waals surface area contributed by atoms with Crippen LogP contribution in [0.2, 0.25) is 5.15 Å². The van der Waals surface area contributed by atoms with Crippen LogP contribution in [0.3, 0.4) is 0 Å². The first-order valence-corrected chi connectivity index (χ1v) is 9.51. The van der Waals surface area contributed by atoms with E-state index in [9.17, 15) is 8.42 Å². The molecule has 8 heteroatoms. The highest BCUT2D eigenvalue weighted by Gasteiger charge is 2.31. The third-order valence-electron chi connectivity index (χ3n) is 3.86. The first-order chi connectivity index (χ1) is 10.6. The standard InChI is InChI=1S/C14H12ClN3O2S2/c15-12-13(18-7-8-21-14(18)16-12)22(19,20)17-11-6-5-9-3-1-2-4-10(9)11/h1-4,7-8,11,17H,5-6H2. The topological polar surface area (TPSA) is 63.5 Å². The molecule has 0 bridgehead atoms. The molecule has 1 unspecified atom stereocenters. The number of nitrogens with one attached hydrogen (secondary N) is 1. The summed E-state index contributed by atoms with van der Waals surface area (Å²) in [6, 6.07) is 7.67. The summed E-state index contributed by atoms with van der Waals surface area (Å²) in [5.41, 5.74) is 2.23. The molecule has 3 aromatic rings. The first kappa shape index (κ1) is 14.2. The van der Waals surface area contributed by atoms with E-state index < -0.39 is 10.0 Å². The second-order valence-corrected chi connectivity index (χ2v) is 8.04.